The van der Waals surface area contributed by atoms with Gasteiger partial charge in [-0.25, -0.2) is 4.98 Å². The highest BCUT2D eigenvalue weighted by Crippen LogP contribution is 2.22. The molecule has 0 saturated carbocycles. The standard InChI is InChI=1S/C23H28N4O2/c1-23(2,3)18-11-9-17(10-12-18)22(29)25-15-21(28)24-13-6-14-27-16-26-19-7-4-5-8-20(19)27/h4-5,7-12,16H,6,13-15H2,1-3H3,(H,24,28)(H,25,29). The molecule has 3 rings (SSSR count). The lowest BCUT2D eigenvalue weighted by Gasteiger charge is -2.19. The minimum atomic E-state index is -0.245. The summed E-state index contributed by atoms with van der Waals surface area (Å²) in [5, 5.41) is 5.51. The fourth-order valence-corrected chi connectivity index (χ4v) is 3.11. The number of fused-ring (bicyclic) bond motifs is 1. The van der Waals surface area contributed by atoms with Crippen molar-refractivity contribution < 1.29 is 9.59 Å². The van der Waals surface area contributed by atoms with Crippen molar-refractivity contribution in [3.05, 3.63) is 66.0 Å². The van der Waals surface area contributed by atoms with Crippen LogP contribution in [0.25, 0.3) is 11.0 Å². The Labute approximate surface area is 171 Å². The van der Waals surface area contributed by atoms with Crippen LogP contribution < -0.4 is 10.6 Å². The van der Waals surface area contributed by atoms with Crippen molar-refractivity contribution in [1.29, 1.82) is 0 Å². The molecule has 2 N–H and O–H groups in total. The zero-order chi connectivity index (χ0) is 20.9. The van der Waals surface area contributed by atoms with Crippen LogP contribution in [0.4, 0.5) is 0 Å². The molecular formula is C23H28N4O2. The molecule has 0 unspecified atom stereocenters. The summed E-state index contributed by atoms with van der Waals surface area (Å²) in [6.07, 6.45) is 2.60. The Balaban J connectivity index is 1.39. The predicted molar refractivity (Wildman–Crippen MR) is 115 cm³/mol. The Kier molecular flexibility index (Phi) is 6.32. The topological polar surface area (TPSA) is 76.0 Å². The normalized spacial score (nSPS) is 11.4. The monoisotopic (exact) mass is 392 g/mol. The molecule has 1 aromatic heterocycles. The maximum Gasteiger partial charge on any atom is 0.251 e. The first-order valence-corrected chi connectivity index (χ1v) is 9.90. The number of para-hydroxylation sites is 2. The molecule has 0 aliphatic rings. The van der Waals surface area contributed by atoms with Crippen molar-refractivity contribution >= 4 is 22.8 Å². The number of aryl methyl sites for hydroxylation is 1. The maximum atomic E-state index is 12.2. The number of nitrogens with one attached hydrogen (secondary N) is 2. The predicted octanol–water partition coefficient (Wildman–Crippen LogP) is 3.27. The zero-order valence-electron chi connectivity index (χ0n) is 17.2. The number of hydrogen-bond acceptors (Lipinski definition) is 3. The lowest BCUT2D eigenvalue weighted by atomic mass is 9.87. The summed E-state index contributed by atoms with van der Waals surface area (Å²) < 4.78 is 2.07. The molecule has 6 nitrogen and oxygen atoms in total. The Hall–Kier alpha value is -3.15. The molecular weight excluding hydrogens is 364 g/mol. The van der Waals surface area contributed by atoms with Crippen LogP contribution in [0.2, 0.25) is 0 Å². The van der Waals surface area contributed by atoms with E-state index in [4.69, 9.17) is 0 Å². The van der Waals surface area contributed by atoms with Crippen molar-refractivity contribution in [3.8, 4) is 0 Å². The van der Waals surface area contributed by atoms with Gasteiger partial charge in [0.15, 0.2) is 0 Å². The van der Waals surface area contributed by atoms with Crippen LogP contribution in [-0.4, -0.2) is 34.5 Å². The van der Waals surface area contributed by atoms with Gasteiger partial charge in [0.05, 0.1) is 23.9 Å². The van der Waals surface area contributed by atoms with Gasteiger partial charge in [-0.2, -0.15) is 0 Å². The first-order chi connectivity index (χ1) is 13.8. The quantitative estimate of drug-likeness (QED) is 0.606. The molecule has 3 aromatic rings. The molecule has 0 saturated heterocycles. The molecule has 0 spiro atoms. The van der Waals surface area contributed by atoms with Gasteiger partial charge in [0.25, 0.3) is 5.91 Å². The molecule has 0 aliphatic carbocycles. The molecule has 1 heterocycles. The van der Waals surface area contributed by atoms with E-state index in [0.717, 1.165) is 29.6 Å². The van der Waals surface area contributed by atoms with Crippen LogP contribution in [-0.2, 0) is 16.8 Å². The smallest absolute Gasteiger partial charge is 0.251 e. The lowest BCUT2D eigenvalue weighted by Crippen LogP contribution is -2.37. The van der Waals surface area contributed by atoms with Gasteiger partial charge in [0.1, 0.15) is 0 Å². The Morgan fingerprint density at radius 3 is 2.45 bits per heavy atom. The van der Waals surface area contributed by atoms with Crippen LogP contribution in [0.1, 0.15) is 43.1 Å². The van der Waals surface area contributed by atoms with E-state index in [2.05, 4.69) is 41.0 Å². The number of nitrogens with zero attached hydrogens (tertiary/aromatic N) is 2. The molecule has 6 heteroatoms. The fraction of sp³-hybridized carbons (Fsp3) is 0.348. The summed E-state index contributed by atoms with van der Waals surface area (Å²) in [5.41, 5.74) is 3.81. The second kappa shape index (κ2) is 8.90. The molecule has 2 aromatic carbocycles. The molecule has 0 aliphatic heterocycles. The van der Waals surface area contributed by atoms with Crippen LogP contribution in [0, 0.1) is 0 Å². The van der Waals surface area contributed by atoms with Crippen LogP contribution in [0.15, 0.2) is 54.9 Å². The van der Waals surface area contributed by atoms with Gasteiger partial charge in [0, 0.05) is 18.7 Å². The minimum Gasteiger partial charge on any atom is -0.355 e. The van der Waals surface area contributed by atoms with E-state index in [-0.39, 0.29) is 23.8 Å². The fourth-order valence-electron chi connectivity index (χ4n) is 3.11. The SMILES string of the molecule is CC(C)(C)c1ccc(C(=O)NCC(=O)NCCCn2cnc3ccccc32)cc1. The van der Waals surface area contributed by atoms with E-state index in [9.17, 15) is 9.59 Å². The second-order valence-corrected chi connectivity index (χ2v) is 8.14. The Morgan fingerprint density at radius 1 is 1.00 bits per heavy atom. The summed E-state index contributed by atoms with van der Waals surface area (Å²) in [6, 6.07) is 15.5. The number of aromatic nitrogens is 2. The zero-order valence-corrected chi connectivity index (χ0v) is 17.2. The van der Waals surface area contributed by atoms with Gasteiger partial charge in [-0.05, 0) is 41.7 Å². The third-order valence-electron chi connectivity index (χ3n) is 4.85. The van der Waals surface area contributed by atoms with E-state index >= 15 is 0 Å². The minimum absolute atomic E-state index is 0.0339. The third kappa shape index (κ3) is 5.44. The summed E-state index contributed by atoms with van der Waals surface area (Å²) in [4.78, 5) is 28.6. The van der Waals surface area contributed by atoms with Gasteiger partial charge in [-0.3, -0.25) is 9.59 Å². The van der Waals surface area contributed by atoms with Crippen molar-refractivity contribution in [2.75, 3.05) is 13.1 Å². The number of hydrogen-bond donors (Lipinski definition) is 2. The molecule has 0 atom stereocenters. The van der Waals surface area contributed by atoms with Crippen molar-refractivity contribution in [2.24, 2.45) is 0 Å². The largest absolute Gasteiger partial charge is 0.355 e. The van der Waals surface area contributed by atoms with Gasteiger partial charge in [0.2, 0.25) is 5.91 Å². The van der Waals surface area contributed by atoms with Crippen LogP contribution >= 0.6 is 0 Å². The summed E-state index contributed by atoms with van der Waals surface area (Å²) in [7, 11) is 0. The van der Waals surface area contributed by atoms with Crippen molar-refractivity contribution in [2.45, 2.75) is 39.2 Å². The Morgan fingerprint density at radius 2 is 1.72 bits per heavy atom. The number of benzene rings is 2. The van der Waals surface area contributed by atoms with E-state index < -0.39 is 0 Å². The number of rotatable bonds is 7. The summed E-state index contributed by atoms with van der Waals surface area (Å²) in [6.45, 7) is 7.66. The molecule has 0 radical (unpaired) electrons. The summed E-state index contributed by atoms with van der Waals surface area (Å²) >= 11 is 0. The molecule has 152 valence electrons. The first-order valence-electron chi connectivity index (χ1n) is 9.90. The van der Waals surface area contributed by atoms with E-state index in [0.29, 0.717) is 12.1 Å². The van der Waals surface area contributed by atoms with E-state index in [1.807, 2.05) is 42.7 Å². The molecule has 0 bridgehead atoms. The van der Waals surface area contributed by atoms with Crippen molar-refractivity contribution in [3.63, 3.8) is 0 Å². The average Bonchev–Trinajstić information content (AvgIpc) is 3.12. The highest BCUT2D eigenvalue weighted by Gasteiger charge is 2.14. The van der Waals surface area contributed by atoms with Gasteiger partial charge >= 0.3 is 0 Å². The molecule has 29 heavy (non-hydrogen) atoms. The number of amides is 2. The third-order valence-corrected chi connectivity index (χ3v) is 4.85. The summed E-state index contributed by atoms with van der Waals surface area (Å²) in [5.74, 6) is -0.439. The van der Waals surface area contributed by atoms with Crippen molar-refractivity contribution in [1.82, 2.24) is 20.2 Å². The number of imidazole rings is 1. The Bertz CT molecular complexity index is 984. The van der Waals surface area contributed by atoms with Crippen LogP contribution in [0.3, 0.4) is 0 Å². The molecule has 0 fully saturated rings. The first kappa shape index (κ1) is 20.6. The van der Waals surface area contributed by atoms with Gasteiger partial charge in [-0.1, -0.05) is 45.0 Å². The van der Waals surface area contributed by atoms with Crippen LogP contribution in [0.5, 0.6) is 0 Å². The second-order valence-electron chi connectivity index (χ2n) is 8.14. The van der Waals surface area contributed by atoms with Gasteiger partial charge < -0.3 is 15.2 Å². The number of carbonyl (C=O) groups excluding carboxylic acids is 2. The molecule has 2 amide bonds. The average molecular weight is 393 g/mol. The maximum absolute atomic E-state index is 12.2. The highest BCUT2D eigenvalue weighted by molar-refractivity contribution is 5.96. The number of carbonyl (C=O) groups is 2. The van der Waals surface area contributed by atoms with E-state index in [1.54, 1.807) is 12.1 Å². The van der Waals surface area contributed by atoms with E-state index in [1.165, 1.54) is 0 Å². The van der Waals surface area contributed by atoms with Gasteiger partial charge in [-0.15, -0.1) is 0 Å². The highest BCUT2D eigenvalue weighted by atomic mass is 16.2. The lowest BCUT2D eigenvalue weighted by molar-refractivity contribution is -0.120.